The SMILES string of the molecule is Cc1cccc(NC(=O)c2cccc(C)c2Br)c1C. The minimum atomic E-state index is -0.0933. The third-order valence-electron chi connectivity index (χ3n) is 3.29. The summed E-state index contributed by atoms with van der Waals surface area (Å²) in [5.41, 5.74) is 4.83. The van der Waals surface area contributed by atoms with E-state index in [1.165, 1.54) is 5.56 Å². The summed E-state index contributed by atoms with van der Waals surface area (Å²) in [6, 6.07) is 11.6. The van der Waals surface area contributed by atoms with Gasteiger partial charge in [-0.15, -0.1) is 0 Å². The van der Waals surface area contributed by atoms with Gasteiger partial charge in [0, 0.05) is 10.2 Å². The minimum absolute atomic E-state index is 0.0933. The van der Waals surface area contributed by atoms with Crippen LogP contribution in [0.1, 0.15) is 27.0 Å². The number of carbonyl (C=O) groups is 1. The van der Waals surface area contributed by atoms with Crippen molar-refractivity contribution < 1.29 is 4.79 Å². The zero-order valence-electron chi connectivity index (χ0n) is 11.3. The maximum atomic E-state index is 12.3. The Kier molecular flexibility index (Phi) is 4.05. The third kappa shape index (κ3) is 2.87. The van der Waals surface area contributed by atoms with Crippen molar-refractivity contribution in [2.75, 3.05) is 5.32 Å². The lowest BCUT2D eigenvalue weighted by atomic mass is 10.1. The van der Waals surface area contributed by atoms with Gasteiger partial charge in [-0.1, -0.05) is 24.3 Å². The van der Waals surface area contributed by atoms with Gasteiger partial charge < -0.3 is 5.32 Å². The zero-order chi connectivity index (χ0) is 14.0. The lowest BCUT2D eigenvalue weighted by Crippen LogP contribution is -2.14. The topological polar surface area (TPSA) is 29.1 Å². The largest absolute Gasteiger partial charge is 0.322 e. The van der Waals surface area contributed by atoms with Crippen molar-refractivity contribution in [2.24, 2.45) is 0 Å². The van der Waals surface area contributed by atoms with E-state index < -0.39 is 0 Å². The van der Waals surface area contributed by atoms with Crippen LogP contribution in [-0.4, -0.2) is 5.91 Å². The molecule has 0 atom stereocenters. The van der Waals surface area contributed by atoms with Gasteiger partial charge in [-0.05, 0) is 65.5 Å². The summed E-state index contributed by atoms with van der Waals surface area (Å²) in [5, 5.41) is 2.97. The molecule has 2 aromatic carbocycles. The molecule has 0 aliphatic carbocycles. The highest BCUT2D eigenvalue weighted by Crippen LogP contribution is 2.23. The molecule has 0 aliphatic rings. The first-order valence-corrected chi connectivity index (χ1v) is 6.92. The van der Waals surface area contributed by atoms with Gasteiger partial charge in [0.2, 0.25) is 0 Å². The average molecular weight is 318 g/mol. The summed E-state index contributed by atoms with van der Waals surface area (Å²) >= 11 is 3.47. The van der Waals surface area contributed by atoms with E-state index in [0.29, 0.717) is 5.56 Å². The molecule has 0 fully saturated rings. The molecule has 0 saturated carbocycles. The van der Waals surface area contributed by atoms with Gasteiger partial charge in [0.05, 0.1) is 5.56 Å². The molecular formula is C16H16BrNO. The molecule has 0 radical (unpaired) electrons. The van der Waals surface area contributed by atoms with E-state index >= 15 is 0 Å². The van der Waals surface area contributed by atoms with Crippen molar-refractivity contribution in [1.29, 1.82) is 0 Å². The van der Waals surface area contributed by atoms with Crippen LogP contribution in [0.15, 0.2) is 40.9 Å². The predicted molar refractivity (Wildman–Crippen MR) is 82.7 cm³/mol. The summed E-state index contributed by atoms with van der Waals surface area (Å²) < 4.78 is 0.845. The first-order valence-electron chi connectivity index (χ1n) is 6.13. The van der Waals surface area contributed by atoms with Crippen molar-refractivity contribution in [3.8, 4) is 0 Å². The molecule has 2 aromatic rings. The summed E-state index contributed by atoms with van der Waals surface area (Å²) in [6.07, 6.45) is 0. The molecule has 19 heavy (non-hydrogen) atoms. The number of nitrogens with one attached hydrogen (secondary N) is 1. The highest BCUT2D eigenvalue weighted by molar-refractivity contribution is 9.10. The van der Waals surface area contributed by atoms with E-state index in [1.54, 1.807) is 0 Å². The van der Waals surface area contributed by atoms with E-state index in [9.17, 15) is 4.79 Å². The van der Waals surface area contributed by atoms with Gasteiger partial charge >= 0.3 is 0 Å². The first-order chi connectivity index (χ1) is 9.00. The number of hydrogen-bond donors (Lipinski definition) is 1. The normalized spacial score (nSPS) is 10.3. The van der Waals surface area contributed by atoms with E-state index in [0.717, 1.165) is 21.3 Å². The Balaban J connectivity index is 2.31. The molecule has 1 amide bonds. The Morgan fingerprint density at radius 2 is 1.63 bits per heavy atom. The van der Waals surface area contributed by atoms with Crippen molar-refractivity contribution >= 4 is 27.5 Å². The van der Waals surface area contributed by atoms with Crippen LogP contribution in [0, 0.1) is 20.8 Å². The van der Waals surface area contributed by atoms with Crippen molar-refractivity contribution in [3.63, 3.8) is 0 Å². The Morgan fingerprint density at radius 3 is 2.37 bits per heavy atom. The molecule has 3 heteroatoms. The van der Waals surface area contributed by atoms with Gasteiger partial charge in [0.25, 0.3) is 5.91 Å². The molecule has 0 aliphatic heterocycles. The standard InChI is InChI=1S/C16H16BrNO/c1-10-6-5-9-14(12(10)3)18-16(19)13-8-4-7-11(2)15(13)17/h4-9H,1-3H3,(H,18,19). The van der Waals surface area contributed by atoms with Crippen molar-refractivity contribution in [1.82, 2.24) is 0 Å². The van der Waals surface area contributed by atoms with Crippen LogP contribution >= 0.6 is 15.9 Å². The van der Waals surface area contributed by atoms with E-state index in [4.69, 9.17) is 0 Å². The Morgan fingerprint density at radius 1 is 1.00 bits per heavy atom. The van der Waals surface area contributed by atoms with Crippen LogP contribution in [-0.2, 0) is 0 Å². The highest BCUT2D eigenvalue weighted by atomic mass is 79.9. The van der Waals surface area contributed by atoms with Crippen LogP contribution in [0.25, 0.3) is 0 Å². The number of aryl methyl sites for hydroxylation is 2. The number of carbonyl (C=O) groups excluding carboxylic acids is 1. The highest BCUT2D eigenvalue weighted by Gasteiger charge is 2.12. The number of benzene rings is 2. The van der Waals surface area contributed by atoms with Gasteiger partial charge in [-0.3, -0.25) is 4.79 Å². The summed E-state index contributed by atoms with van der Waals surface area (Å²) in [4.78, 5) is 12.3. The number of hydrogen-bond acceptors (Lipinski definition) is 1. The fourth-order valence-corrected chi connectivity index (χ4v) is 2.34. The Hall–Kier alpha value is -1.61. The van der Waals surface area contributed by atoms with Crippen LogP contribution in [0.5, 0.6) is 0 Å². The number of anilines is 1. The molecule has 0 bridgehead atoms. The maximum absolute atomic E-state index is 12.3. The summed E-state index contributed by atoms with van der Waals surface area (Å²) in [7, 11) is 0. The maximum Gasteiger partial charge on any atom is 0.256 e. The van der Waals surface area contributed by atoms with Gasteiger partial charge in [-0.2, -0.15) is 0 Å². The molecule has 0 unspecified atom stereocenters. The lowest BCUT2D eigenvalue weighted by Gasteiger charge is -2.12. The second kappa shape index (κ2) is 5.57. The van der Waals surface area contributed by atoms with Crippen molar-refractivity contribution in [3.05, 3.63) is 63.1 Å². The number of halogens is 1. The molecule has 2 rings (SSSR count). The van der Waals surface area contributed by atoms with Gasteiger partial charge in [-0.25, -0.2) is 0 Å². The smallest absolute Gasteiger partial charge is 0.256 e. The lowest BCUT2D eigenvalue weighted by molar-refractivity contribution is 0.102. The molecule has 98 valence electrons. The molecule has 0 heterocycles. The van der Waals surface area contributed by atoms with Gasteiger partial charge in [0.1, 0.15) is 0 Å². The predicted octanol–water partition coefficient (Wildman–Crippen LogP) is 4.63. The second-order valence-electron chi connectivity index (χ2n) is 4.64. The molecule has 0 aromatic heterocycles. The quantitative estimate of drug-likeness (QED) is 0.859. The monoisotopic (exact) mass is 317 g/mol. The van der Waals surface area contributed by atoms with Crippen LogP contribution < -0.4 is 5.32 Å². The van der Waals surface area contributed by atoms with E-state index in [1.807, 2.05) is 57.2 Å². The molecule has 2 nitrogen and oxygen atoms in total. The van der Waals surface area contributed by atoms with E-state index in [-0.39, 0.29) is 5.91 Å². The molecule has 0 saturated heterocycles. The third-order valence-corrected chi connectivity index (χ3v) is 4.34. The Labute approximate surface area is 122 Å². The fraction of sp³-hybridized carbons (Fsp3) is 0.188. The molecule has 1 N–H and O–H groups in total. The number of amides is 1. The first kappa shape index (κ1) is 13.8. The van der Waals surface area contributed by atoms with Crippen molar-refractivity contribution in [2.45, 2.75) is 20.8 Å². The summed E-state index contributed by atoms with van der Waals surface area (Å²) in [5.74, 6) is -0.0933. The second-order valence-corrected chi connectivity index (χ2v) is 5.43. The molecule has 0 spiro atoms. The Bertz CT molecular complexity index is 635. The minimum Gasteiger partial charge on any atom is -0.322 e. The number of rotatable bonds is 2. The van der Waals surface area contributed by atoms with E-state index in [2.05, 4.69) is 21.2 Å². The average Bonchev–Trinajstić information content (AvgIpc) is 2.38. The fourth-order valence-electron chi connectivity index (χ4n) is 1.90. The summed E-state index contributed by atoms with van der Waals surface area (Å²) in [6.45, 7) is 6.02. The van der Waals surface area contributed by atoms with Crippen LogP contribution in [0.2, 0.25) is 0 Å². The molecular weight excluding hydrogens is 302 g/mol. The van der Waals surface area contributed by atoms with Gasteiger partial charge in [0.15, 0.2) is 0 Å². The van der Waals surface area contributed by atoms with Crippen LogP contribution in [0.3, 0.4) is 0 Å². The van der Waals surface area contributed by atoms with Crippen LogP contribution in [0.4, 0.5) is 5.69 Å². The zero-order valence-corrected chi connectivity index (χ0v) is 12.8.